The molecule has 0 spiro atoms. The zero-order chi connectivity index (χ0) is 18.9. The van der Waals surface area contributed by atoms with E-state index in [1.165, 1.54) is 18.5 Å². The first-order chi connectivity index (χ1) is 12.4. The second-order valence-corrected chi connectivity index (χ2v) is 6.31. The number of benzene rings is 1. The Morgan fingerprint density at radius 3 is 2.65 bits per heavy atom. The summed E-state index contributed by atoms with van der Waals surface area (Å²) in [5, 5.41) is 23.8. The van der Waals surface area contributed by atoms with E-state index in [1.807, 2.05) is 6.92 Å². The molecule has 2 heterocycles. The fourth-order valence-electron chi connectivity index (χ4n) is 3.15. The van der Waals surface area contributed by atoms with Crippen molar-refractivity contribution in [2.24, 2.45) is 4.99 Å². The van der Waals surface area contributed by atoms with Crippen molar-refractivity contribution < 1.29 is 9.50 Å². The third-order valence-corrected chi connectivity index (χ3v) is 4.43. The third-order valence-electron chi connectivity index (χ3n) is 4.43. The number of pyridine rings is 1. The quantitative estimate of drug-likeness (QED) is 0.882. The molecule has 2 N–H and O–H groups in total. The van der Waals surface area contributed by atoms with Crippen LogP contribution in [0.25, 0.3) is 0 Å². The monoisotopic (exact) mass is 353 g/mol. The molecule has 0 saturated heterocycles. The van der Waals surface area contributed by atoms with Crippen LogP contribution >= 0.6 is 0 Å². The van der Waals surface area contributed by atoms with Crippen LogP contribution in [0.5, 0.6) is 0 Å². The van der Waals surface area contributed by atoms with Crippen LogP contribution in [0.2, 0.25) is 0 Å². The van der Waals surface area contributed by atoms with E-state index in [0.29, 0.717) is 41.4 Å². The van der Waals surface area contributed by atoms with Gasteiger partial charge in [0.2, 0.25) is 0 Å². The van der Waals surface area contributed by atoms with Crippen LogP contribution in [-0.2, 0) is 12.3 Å². The highest BCUT2D eigenvalue weighted by Gasteiger charge is 2.38. The molecule has 134 valence electrons. The first kappa shape index (κ1) is 17.8. The maximum Gasteiger partial charge on any atom is 0.166 e. The molecule has 1 aliphatic rings. The van der Waals surface area contributed by atoms with Crippen molar-refractivity contribution >= 4 is 17.8 Å². The van der Waals surface area contributed by atoms with Gasteiger partial charge in [0.25, 0.3) is 0 Å². The molecule has 2 aromatic rings. The van der Waals surface area contributed by atoms with Gasteiger partial charge in [-0.25, -0.2) is 14.4 Å². The van der Waals surface area contributed by atoms with Crippen LogP contribution < -0.4 is 5.32 Å². The topological polar surface area (TPSA) is 84.5 Å². The van der Waals surface area contributed by atoms with E-state index in [0.717, 1.165) is 5.56 Å². The average molecular weight is 353 g/mol. The maximum atomic E-state index is 13.1. The lowest BCUT2D eigenvalue weighted by Crippen LogP contribution is -2.45. The lowest BCUT2D eigenvalue weighted by atomic mass is 9.95. The minimum atomic E-state index is -1.40. The SMILES string of the molecule is CCNc1nc(C)c2c(c1C#N)N=CN(Cc1ccc(F)cc1)C2(C)O. The summed E-state index contributed by atoms with van der Waals surface area (Å²) in [7, 11) is 0. The van der Waals surface area contributed by atoms with Gasteiger partial charge >= 0.3 is 0 Å². The maximum absolute atomic E-state index is 13.1. The van der Waals surface area contributed by atoms with Crippen LogP contribution in [0.4, 0.5) is 15.9 Å². The van der Waals surface area contributed by atoms with Crippen molar-refractivity contribution in [3.63, 3.8) is 0 Å². The van der Waals surface area contributed by atoms with Gasteiger partial charge in [-0.05, 0) is 38.5 Å². The number of anilines is 1. The summed E-state index contributed by atoms with van der Waals surface area (Å²) in [5.74, 6) is 0.152. The number of aromatic nitrogens is 1. The Kier molecular flexibility index (Phi) is 4.62. The fourth-order valence-corrected chi connectivity index (χ4v) is 3.15. The number of aliphatic hydroxyl groups is 1. The molecule has 0 bridgehead atoms. The van der Waals surface area contributed by atoms with E-state index in [-0.39, 0.29) is 5.82 Å². The first-order valence-corrected chi connectivity index (χ1v) is 8.35. The highest BCUT2D eigenvalue weighted by molar-refractivity contribution is 5.78. The molecule has 1 atom stereocenters. The molecule has 26 heavy (non-hydrogen) atoms. The van der Waals surface area contributed by atoms with Crippen LogP contribution in [0.1, 0.15) is 36.2 Å². The number of nitriles is 1. The standard InChI is InChI=1S/C19H20FN5O/c1-4-22-18-15(9-21)17-16(12(2)24-18)19(3,26)25(11-23-17)10-13-5-7-14(20)8-6-13/h5-8,11,26H,4,10H2,1-3H3,(H,22,24). The molecule has 0 amide bonds. The number of aryl methyl sites for hydroxylation is 1. The number of nitrogens with zero attached hydrogens (tertiary/aromatic N) is 4. The Morgan fingerprint density at radius 1 is 1.35 bits per heavy atom. The van der Waals surface area contributed by atoms with Crippen LogP contribution in [0.3, 0.4) is 0 Å². The summed E-state index contributed by atoms with van der Waals surface area (Å²) >= 11 is 0. The Labute approximate surface area is 151 Å². The summed E-state index contributed by atoms with van der Waals surface area (Å²) in [6, 6.07) is 8.21. The summed E-state index contributed by atoms with van der Waals surface area (Å²) in [4.78, 5) is 10.5. The van der Waals surface area contributed by atoms with Crippen molar-refractivity contribution in [2.45, 2.75) is 33.0 Å². The van der Waals surface area contributed by atoms with Gasteiger partial charge in [-0.15, -0.1) is 0 Å². The molecule has 1 aromatic carbocycles. The lowest BCUT2D eigenvalue weighted by molar-refractivity contribution is -0.0631. The van der Waals surface area contributed by atoms with Crippen molar-refractivity contribution in [2.75, 3.05) is 11.9 Å². The summed E-state index contributed by atoms with van der Waals surface area (Å²) in [6.07, 6.45) is 1.52. The van der Waals surface area contributed by atoms with Gasteiger partial charge in [-0.2, -0.15) is 5.26 Å². The molecule has 7 heteroatoms. The van der Waals surface area contributed by atoms with Crippen LogP contribution in [0, 0.1) is 24.1 Å². The fraction of sp³-hybridized carbons (Fsp3) is 0.316. The zero-order valence-electron chi connectivity index (χ0n) is 14.9. The highest BCUT2D eigenvalue weighted by atomic mass is 19.1. The van der Waals surface area contributed by atoms with Gasteiger partial charge in [0.1, 0.15) is 23.3 Å². The Balaban J connectivity index is 2.05. The number of fused-ring (bicyclic) bond motifs is 1. The van der Waals surface area contributed by atoms with E-state index in [9.17, 15) is 14.8 Å². The molecular weight excluding hydrogens is 333 g/mol. The number of nitrogens with one attached hydrogen (secondary N) is 1. The number of hydrogen-bond donors (Lipinski definition) is 2. The Bertz CT molecular complexity index is 900. The molecule has 0 radical (unpaired) electrons. The van der Waals surface area contributed by atoms with Gasteiger partial charge < -0.3 is 15.3 Å². The minimum absolute atomic E-state index is 0.311. The summed E-state index contributed by atoms with van der Waals surface area (Å²) in [5.41, 5.74) is 1.26. The van der Waals surface area contributed by atoms with Crippen LogP contribution in [-0.4, -0.2) is 27.9 Å². The molecular formula is C19H20FN5O. The van der Waals surface area contributed by atoms with Gasteiger partial charge in [0.15, 0.2) is 5.72 Å². The first-order valence-electron chi connectivity index (χ1n) is 8.35. The minimum Gasteiger partial charge on any atom is -0.369 e. The third kappa shape index (κ3) is 3.00. The smallest absolute Gasteiger partial charge is 0.166 e. The van der Waals surface area contributed by atoms with Gasteiger partial charge in [0, 0.05) is 18.8 Å². The normalized spacial score (nSPS) is 18.4. The molecule has 3 rings (SSSR count). The van der Waals surface area contributed by atoms with E-state index in [4.69, 9.17) is 0 Å². The molecule has 6 nitrogen and oxygen atoms in total. The van der Waals surface area contributed by atoms with Crippen molar-refractivity contribution in [1.29, 1.82) is 5.26 Å². The predicted octanol–water partition coefficient (Wildman–Crippen LogP) is 3.17. The average Bonchev–Trinajstić information content (AvgIpc) is 2.59. The molecule has 1 aromatic heterocycles. The number of hydrogen-bond acceptors (Lipinski definition) is 6. The number of aliphatic imine (C=N–C) groups is 1. The molecule has 1 unspecified atom stereocenters. The van der Waals surface area contributed by atoms with E-state index < -0.39 is 5.72 Å². The van der Waals surface area contributed by atoms with Crippen molar-refractivity contribution in [1.82, 2.24) is 9.88 Å². The largest absolute Gasteiger partial charge is 0.369 e. The van der Waals surface area contributed by atoms with E-state index in [2.05, 4.69) is 21.4 Å². The second-order valence-electron chi connectivity index (χ2n) is 6.31. The molecule has 0 saturated carbocycles. The number of rotatable bonds is 4. The van der Waals surface area contributed by atoms with Gasteiger partial charge in [0.05, 0.1) is 17.6 Å². The predicted molar refractivity (Wildman–Crippen MR) is 97.5 cm³/mol. The Hall–Kier alpha value is -2.98. The van der Waals surface area contributed by atoms with E-state index >= 15 is 0 Å². The Morgan fingerprint density at radius 2 is 2.04 bits per heavy atom. The van der Waals surface area contributed by atoms with Gasteiger partial charge in [-0.1, -0.05) is 12.1 Å². The molecule has 0 aliphatic carbocycles. The zero-order valence-corrected chi connectivity index (χ0v) is 14.9. The summed E-state index contributed by atoms with van der Waals surface area (Å²) in [6.45, 7) is 6.31. The number of halogens is 1. The van der Waals surface area contributed by atoms with Crippen molar-refractivity contribution in [3.05, 3.63) is 52.5 Å². The molecule has 1 aliphatic heterocycles. The van der Waals surface area contributed by atoms with Gasteiger partial charge in [-0.3, -0.25) is 0 Å². The highest BCUT2D eigenvalue weighted by Crippen LogP contribution is 2.42. The van der Waals surface area contributed by atoms with E-state index in [1.54, 1.807) is 30.9 Å². The summed E-state index contributed by atoms with van der Waals surface area (Å²) < 4.78 is 13.1. The lowest BCUT2D eigenvalue weighted by Gasteiger charge is -2.40. The molecule has 0 fully saturated rings. The van der Waals surface area contributed by atoms with Crippen LogP contribution in [0.15, 0.2) is 29.3 Å². The second kappa shape index (κ2) is 6.73. The van der Waals surface area contributed by atoms with Crippen molar-refractivity contribution in [3.8, 4) is 6.07 Å².